The minimum Gasteiger partial charge on any atom is -0.477 e. The Morgan fingerprint density at radius 3 is 3.00 bits per heavy atom. The molecule has 94 valence electrons. The third-order valence-electron chi connectivity index (χ3n) is 2.20. The molecule has 2 N–H and O–H groups in total. The molecule has 0 saturated heterocycles. The third-order valence-corrected chi connectivity index (χ3v) is 2.20. The Morgan fingerprint density at radius 2 is 2.35 bits per heavy atom. The number of aromatic nitrogens is 1. The second kappa shape index (κ2) is 7.49. The molecule has 0 aliphatic heterocycles. The minimum absolute atomic E-state index is 0.639. The van der Waals surface area contributed by atoms with Crippen LogP contribution in [0.15, 0.2) is 23.3 Å². The Morgan fingerprint density at radius 1 is 1.53 bits per heavy atom. The lowest BCUT2D eigenvalue weighted by Crippen LogP contribution is -2.34. The van der Waals surface area contributed by atoms with Gasteiger partial charge < -0.3 is 15.4 Å². The summed E-state index contributed by atoms with van der Waals surface area (Å²) in [5.74, 6) is 1.43. The number of rotatable bonds is 5. The van der Waals surface area contributed by atoms with Gasteiger partial charge in [0.2, 0.25) is 5.88 Å². The van der Waals surface area contributed by atoms with Crippen molar-refractivity contribution >= 4 is 5.96 Å². The molecule has 0 spiro atoms. The van der Waals surface area contributed by atoms with Gasteiger partial charge >= 0.3 is 0 Å². The molecule has 0 aliphatic rings. The Bertz CT molecular complexity index is 365. The number of ether oxygens (including phenoxy) is 1. The van der Waals surface area contributed by atoms with E-state index in [1.807, 2.05) is 19.2 Å². The van der Waals surface area contributed by atoms with Gasteiger partial charge in [-0.2, -0.15) is 0 Å². The van der Waals surface area contributed by atoms with Gasteiger partial charge in [-0.1, -0.05) is 13.0 Å². The van der Waals surface area contributed by atoms with E-state index in [9.17, 15) is 0 Å². The third kappa shape index (κ3) is 4.30. The number of nitrogens with zero attached hydrogens (tertiary/aromatic N) is 2. The zero-order valence-electron chi connectivity index (χ0n) is 10.7. The Balaban J connectivity index is 2.63. The summed E-state index contributed by atoms with van der Waals surface area (Å²) in [5, 5.41) is 6.13. The standard InChI is InChI=1S/C12H20N4O/c1-4-8-17-11-10(6-5-7-15-11)9-16-12(13-2)14-3/h5-7H,4,8-9H2,1-3H3,(H2,13,14,16). The van der Waals surface area contributed by atoms with Crippen molar-refractivity contribution < 1.29 is 4.74 Å². The van der Waals surface area contributed by atoms with Gasteiger partial charge in [-0.15, -0.1) is 0 Å². The predicted molar refractivity (Wildman–Crippen MR) is 69.3 cm³/mol. The Hall–Kier alpha value is -1.78. The minimum atomic E-state index is 0.639. The molecule has 0 amide bonds. The molecule has 0 atom stereocenters. The van der Waals surface area contributed by atoms with Crippen LogP contribution in [0.2, 0.25) is 0 Å². The molecule has 0 radical (unpaired) electrons. The van der Waals surface area contributed by atoms with E-state index in [1.54, 1.807) is 13.2 Å². The fraction of sp³-hybridized carbons (Fsp3) is 0.500. The maximum Gasteiger partial charge on any atom is 0.218 e. The molecule has 17 heavy (non-hydrogen) atoms. The molecule has 1 heterocycles. The summed E-state index contributed by atoms with van der Waals surface area (Å²) in [4.78, 5) is 8.27. The van der Waals surface area contributed by atoms with Gasteiger partial charge in [-0.25, -0.2) is 4.98 Å². The van der Waals surface area contributed by atoms with Crippen molar-refractivity contribution in [3.05, 3.63) is 23.9 Å². The predicted octanol–water partition coefficient (Wildman–Crippen LogP) is 1.17. The zero-order chi connectivity index (χ0) is 12.5. The van der Waals surface area contributed by atoms with Crippen LogP contribution in [0.4, 0.5) is 0 Å². The molecule has 0 aromatic carbocycles. The van der Waals surface area contributed by atoms with E-state index in [1.165, 1.54) is 0 Å². The van der Waals surface area contributed by atoms with Gasteiger partial charge in [-0.3, -0.25) is 4.99 Å². The van der Waals surface area contributed by atoms with Gasteiger partial charge in [0.25, 0.3) is 0 Å². The summed E-state index contributed by atoms with van der Waals surface area (Å²) in [6, 6.07) is 3.89. The van der Waals surface area contributed by atoms with E-state index >= 15 is 0 Å². The first-order valence-corrected chi connectivity index (χ1v) is 5.76. The SMILES string of the molecule is CCCOc1ncccc1CNC(=NC)NC. The fourth-order valence-corrected chi connectivity index (χ4v) is 1.35. The van der Waals surface area contributed by atoms with Crippen molar-refractivity contribution in [3.8, 4) is 5.88 Å². The highest BCUT2D eigenvalue weighted by atomic mass is 16.5. The summed E-state index contributed by atoms with van der Waals surface area (Å²) < 4.78 is 5.57. The van der Waals surface area contributed by atoms with Crippen molar-refractivity contribution in [3.63, 3.8) is 0 Å². The summed E-state index contributed by atoms with van der Waals surface area (Å²) in [6.45, 7) is 3.40. The topological polar surface area (TPSA) is 58.5 Å². The molecule has 1 rings (SSSR count). The van der Waals surface area contributed by atoms with Crippen LogP contribution in [0, 0.1) is 0 Å². The van der Waals surface area contributed by atoms with Crippen LogP contribution in [0.1, 0.15) is 18.9 Å². The average molecular weight is 236 g/mol. The van der Waals surface area contributed by atoms with Gasteiger partial charge in [0.1, 0.15) is 0 Å². The van der Waals surface area contributed by atoms with Gasteiger partial charge in [0.15, 0.2) is 5.96 Å². The largest absolute Gasteiger partial charge is 0.477 e. The van der Waals surface area contributed by atoms with Crippen LogP contribution < -0.4 is 15.4 Å². The molecule has 0 bridgehead atoms. The molecular formula is C12H20N4O. The maximum atomic E-state index is 5.57. The quantitative estimate of drug-likeness (QED) is 0.595. The summed E-state index contributed by atoms with van der Waals surface area (Å²) in [5.41, 5.74) is 1.03. The first kappa shape index (κ1) is 13.3. The van der Waals surface area contributed by atoms with Gasteiger partial charge in [0, 0.05) is 32.4 Å². The highest BCUT2D eigenvalue weighted by Gasteiger charge is 2.04. The van der Waals surface area contributed by atoms with Gasteiger partial charge in [-0.05, 0) is 12.5 Å². The Kier molecular flexibility index (Phi) is 5.85. The van der Waals surface area contributed by atoms with E-state index in [4.69, 9.17) is 4.74 Å². The van der Waals surface area contributed by atoms with Crippen LogP contribution in [0.5, 0.6) is 5.88 Å². The molecule has 0 unspecified atom stereocenters. The van der Waals surface area contributed by atoms with Crippen molar-refractivity contribution in [1.29, 1.82) is 0 Å². The number of nitrogens with one attached hydrogen (secondary N) is 2. The molecule has 1 aromatic rings. The highest BCUT2D eigenvalue weighted by Crippen LogP contribution is 2.13. The second-order valence-corrected chi connectivity index (χ2v) is 3.49. The van der Waals surface area contributed by atoms with Crippen LogP contribution in [-0.2, 0) is 6.54 Å². The number of pyridine rings is 1. The normalized spacial score (nSPS) is 11.1. The summed E-state index contributed by atoms with van der Waals surface area (Å²) >= 11 is 0. The number of aliphatic imine (C=N–C) groups is 1. The van der Waals surface area contributed by atoms with Gasteiger partial charge in [0.05, 0.1) is 6.61 Å². The lowest BCUT2D eigenvalue weighted by Gasteiger charge is -2.11. The molecule has 5 nitrogen and oxygen atoms in total. The molecule has 0 saturated carbocycles. The van der Waals surface area contributed by atoms with Crippen LogP contribution in [0.25, 0.3) is 0 Å². The molecule has 0 aliphatic carbocycles. The van der Waals surface area contributed by atoms with Crippen LogP contribution >= 0.6 is 0 Å². The van der Waals surface area contributed by atoms with E-state index in [0.29, 0.717) is 19.0 Å². The second-order valence-electron chi connectivity index (χ2n) is 3.49. The van der Waals surface area contributed by atoms with E-state index < -0.39 is 0 Å². The monoisotopic (exact) mass is 236 g/mol. The number of hydrogen-bond acceptors (Lipinski definition) is 3. The van der Waals surface area contributed by atoms with Crippen molar-refractivity contribution in [2.24, 2.45) is 4.99 Å². The molecule has 0 fully saturated rings. The van der Waals surface area contributed by atoms with E-state index in [0.717, 1.165) is 17.9 Å². The maximum absolute atomic E-state index is 5.57. The molecular weight excluding hydrogens is 216 g/mol. The number of hydrogen-bond donors (Lipinski definition) is 2. The lowest BCUT2D eigenvalue weighted by atomic mass is 10.2. The Labute approximate surface area is 102 Å². The number of guanidine groups is 1. The first-order chi connectivity index (χ1) is 8.31. The lowest BCUT2D eigenvalue weighted by molar-refractivity contribution is 0.301. The average Bonchev–Trinajstić information content (AvgIpc) is 2.38. The van der Waals surface area contributed by atoms with Crippen molar-refractivity contribution in [1.82, 2.24) is 15.6 Å². The zero-order valence-corrected chi connectivity index (χ0v) is 10.7. The molecule has 5 heteroatoms. The molecule has 1 aromatic heterocycles. The summed E-state index contributed by atoms with van der Waals surface area (Å²) in [7, 11) is 3.56. The van der Waals surface area contributed by atoms with Crippen LogP contribution in [-0.4, -0.2) is 31.6 Å². The van der Waals surface area contributed by atoms with E-state index in [2.05, 4.69) is 27.5 Å². The first-order valence-electron chi connectivity index (χ1n) is 5.76. The highest BCUT2D eigenvalue weighted by molar-refractivity contribution is 5.79. The fourth-order valence-electron chi connectivity index (χ4n) is 1.35. The van der Waals surface area contributed by atoms with E-state index in [-0.39, 0.29) is 0 Å². The van der Waals surface area contributed by atoms with Crippen molar-refractivity contribution in [2.75, 3.05) is 20.7 Å². The van der Waals surface area contributed by atoms with Crippen molar-refractivity contribution in [2.45, 2.75) is 19.9 Å². The van der Waals surface area contributed by atoms with Crippen LogP contribution in [0.3, 0.4) is 0 Å². The smallest absolute Gasteiger partial charge is 0.218 e. The summed E-state index contributed by atoms with van der Waals surface area (Å²) in [6.07, 6.45) is 2.71.